The first-order valence-corrected chi connectivity index (χ1v) is 9.62. The molecule has 2 aliphatic rings. The molecule has 2 aromatic rings. The highest BCUT2D eigenvalue weighted by Gasteiger charge is 2.68. The van der Waals surface area contributed by atoms with Gasteiger partial charge in [0.2, 0.25) is 0 Å². The van der Waals surface area contributed by atoms with Crippen molar-refractivity contribution in [2.45, 2.75) is 17.5 Å². The number of rotatable bonds is 6. The Morgan fingerprint density at radius 1 is 1.33 bits per heavy atom. The summed E-state index contributed by atoms with van der Waals surface area (Å²) < 4.78 is 11.0. The van der Waals surface area contributed by atoms with Gasteiger partial charge in [0, 0.05) is 22.7 Å². The normalized spacial score (nSPS) is 25.1. The number of likely N-dealkylation sites (N-methyl/N-ethyl adjacent to an activating group) is 1. The van der Waals surface area contributed by atoms with Crippen molar-refractivity contribution in [1.82, 2.24) is 4.90 Å². The maximum Gasteiger partial charge on any atom is 0.256 e. The molecule has 2 aliphatic heterocycles. The number of ether oxygens (including phenoxy) is 2. The summed E-state index contributed by atoms with van der Waals surface area (Å²) >= 11 is 0. The highest BCUT2D eigenvalue weighted by atomic mass is 16.6. The van der Waals surface area contributed by atoms with E-state index in [2.05, 4.69) is 11.9 Å². The van der Waals surface area contributed by atoms with Gasteiger partial charge in [-0.15, -0.1) is 0 Å². The van der Waals surface area contributed by atoms with Crippen LogP contribution in [0.25, 0.3) is 0 Å². The van der Waals surface area contributed by atoms with E-state index in [1.54, 1.807) is 60.5 Å². The number of fused-ring (bicyclic) bond motifs is 2. The molecule has 4 rings (SSSR count). The number of nitrogens with zero attached hydrogens (tertiary/aromatic N) is 2. The number of hydrogen-bond acceptors (Lipinski definition) is 6. The smallest absolute Gasteiger partial charge is 0.256 e. The highest BCUT2D eigenvalue weighted by Crippen LogP contribution is 2.52. The maximum absolute atomic E-state index is 13.1. The topological polar surface area (TPSA) is 93.9 Å². The fourth-order valence-corrected chi connectivity index (χ4v) is 4.76. The standard InChI is InChI=1S/C22H23N3O5/c1-4-11-30-18-10-9-14(12-19(18)29-3)15-13-24(2)22(20(15)25(27)28)16-7-5-6-8-17(16)23-21(22)26/h4-10,12,15,20H,1,11,13H2,2-3H3,(H,23,26)/t15-,20-,22+/m0/s1. The molecule has 1 saturated heterocycles. The number of para-hydroxylation sites is 1. The summed E-state index contributed by atoms with van der Waals surface area (Å²) in [6.07, 6.45) is 1.63. The van der Waals surface area contributed by atoms with Crippen LogP contribution in [0, 0.1) is 10.1 Å². The monoisotopic (exact) mass is 409 g/mol. The Morgan fingerprint density at radius 3 is 2.80 bits per heavy atom. The SMILES string of the molecule is C=CCOc1ccc([C@@H]2CN(C)[C@@]3(C(=O)Nc4ccccc43)[C@H]2[N+](=O)[O-])cc1OC. The molecule has 2 heterocycles. The molecule has 0 bridgehead atoms. The van der Waals surface area contributed by atoms with Gasteiger partial charge in [-0.3, -0.25) is 19.8 Å². The lowest BCUT2D eigenvalue weighted by Gasteiger charge is -2.30. The summed E-state index contributed by atoms with van der Waals surface area (Å²) in [7, 11) is 3.28. The van der Waals surface area contributed by atoms with Crippen LogP contribution < -0.4 is 14.8 Å². The van der Waals surface area contributed by atoms with Crippen molar-refractivity contribution >= 4 is 11.6 Å². The van der Waals surface area contributed by atoms with Crippen molar-refractivity contribution in [1.29, 1.82) is 0 Å². The molecule has 3 atom stereocenters. The molecule has 0 aromatic heterocycles. The van der Waals surface area contributed by atoms with Crippen molar-refractivity contribution in [2.75, 3.05) is 32.6 Å². The number of methoxy groups -OCH3 is 1. The summed E-state index contributed by atoms with van der Waals surface area (Å²) in [4.78, 5) is 26.9. The van der Waals surface area contributed by atoms with Gasteiger partial charge in [0.25, 0.3) is 11.9 Å². The average molecular weight is 409 g/mol. The molecule has 0 saturated carbocycles. The number of anilines is 1. The van der Waals surface area contributed by atoms with E-state index in [9.17, 15) is 14.9 Å². The second-order valence-corrected chi connectivity index (χ2v) is 7.49. The average Bonchev–Trinajstić information content (AvgIpc) is 3.22. The van der Waals surface area contributed by atoms with Crippen molar-refractivity contribution in [3.63, 3.8) is 0 Å². The Morgan fingerprint density at radius 2 is 2.10 bits per heavy atom. The number of nitrogens with one attached hydrogen (secondary N) is 1. The highest BCUT2D eigenvalue weighted by molar-refractivity contribution is 6.06. The zero-order valence-corrected chi connectivity index (χ0v) is 16.8. The first-order chi connectivity index (χ1) is 14.4. The van der Waals surface area contributed by atoms with Crippen LogP contribution in [0.15, 0.2) is 55.1 Å². The number of carbonyl (C=O) groups is 1. The maximum atomic E-state index is 13.1. The van der Waals surface area contributed by atoms with Crippen LogP contribution in [0.5, 0.6) is 11.5 Å². The van der Waals surface area contributed by atoms with E-state index in [1.807, 2.05) is 0 Å². The lowest BCUT2D eigenvalue weighted by molar-refractivity contribution is -0.534. The van der Waals surface area contributed by atoms with Gasteiger partial charge in [-0.25, -0.2) is 0 Å². The van der Waals surface area contributed by atoms with E-state index < -0.39 is 17.5 Å². The first-order valence-electron chi connectivity index (χ1n) is 9.62. The summed E-state index contributed by atoms with van der Waals surface area (Å²) in [6, 6.07) is 11.3. The number of likely N-dealkylation sites (tertiary alicyclic amines) is 1. The van der Waals surface area contributed by atoms with Crippen LogP contribution in [0.2, 0.25) is 0 Å². The molecule has 0 unspecified atom stereocenters. The van der Waals surface area contributed by atoms with E-state index >= 15 is 0 Å². The fraction of sp³-hybridized carbons (Fsp3) is 0.318. The van der Waals surface area contributed by atoms with E-state index in [0.29, 0.717) is 35.9 Å². The first kappa shape index (κ1) is 19.9. The van der Waals surface area contributed by atoms with Crippen molar-refractivity contribution < 1.29 is 19.2 Å². The Labute approximate surface area is 174 Å². The molecule has 1 amide bonds. The molecule has 8 nitrogen and oxygen atoms in total. The Balaban J connectivity index is 1.81. The predicted octanol–water partition coefficient (Wildman–Crippen LogP) is 2.78. The van der Waals surface area contributed by atoms with Crippen LogP contribution >= 0.6 is 0 Å². The minimum Gasteiger partial charge on any atom is -0.493 e. The van der Waals surface area contributed by atoms with Crippen molar-refractivity contribution in [3.8, 4) is 11.5 Å². The van der Waals surface area contributed by atoms with E-state index in [-0.39, 0.29) is 10.8 Å². The second kappa shape index (κ2) is 7.46. The fourth-order valence-electron chi connectivity index (χ4n) is 4.76. The van der Waals surface area contributed by atoms with E-state index in [1.165, 1.54) is 7.11 Å². The largest absolute Gasteiger partial charge is 0.493 e. The Hall–Kier alpha value is -3.39. The zero-order valence-electron chi connectivity index (χ0n) is 16.8. The third-order valence-electron chi connectivity index (χ3n) is 6.01. The van der Waals surface area contributed by atoms with Crippen LogP contribution in [0.1, 0.15) is 17.0 Å². The molecule has 0 radical (unpaired) electrons. The summed E-state index contributed by atoms with van der Waals surface area (Å²) in [5.74, 6) is 0.137. The van der Waals surface area contributed by atoms with Crippen LogP contribution in [-0.4, -0.2) is 49.1 Å². The molecular formula is C22H23N3O5. The van der Waals surface area contributed by atoms with Gasteiger partial charge in [-0.1, -0.05) is 36.9 Å². The molecule has 156 valence electrons. The molecule has 8 heteroatoms. The minimum atomic E-state index is -1.37. The molecule has 1 spiro atoms. The van der Waals surface area contributed by atoms with Gasteiger partial charge in [0.15, 0.2) is 17.0 Å². The number of carbonyl (C=O) groups excluding carboxylic acids is 1. The van der Waals surface area contributed by atoms with Crippen molar-refractivity contribution in [2.24, 2.45) is 0 Å². The molecule has 30 heavy (non-hydrogen) atoms. The zero-order chi connectivity index (χ0) is 21.5. The number of hydrogen-bond donors (Lipinski definition) is 1. The number of nitro groups is 1. The van der Waals surface area contributed by atoms with Crippen molar-refractivity contribution in [3.05, 3.63) is 76.4 Å². The van der Waals surface area contributed by atoms with Crippen LogP contribution in [0.4, 0.5) is 5.69 Å². The van der Waals surface area contributed by atoms with E-state index in [0.717, 1.165) is 5.56 Å². The van der Waals surface area contributed by atoms with Gasteiger partial charge >= 0.3 is 0 Å². The molecule has 0 aliphatic carbocycles. The summed E-state index contributed by atoms with van der Waals surface area (Å²) in [5.41, 5.74) is 0.614. The Bertz CT molecular complexity index is 1020. The molecule has 2 aromatic carbocycles. The van der Waals surface area contributed by atoms with E-state index in [4.69, 9.17) is 9.47 Å². The Kier molecular flexibility index (Phi) is 4.95. The molecule has 1 N–H and O–H groups in total. The van der Waals surface area contributed by atoms with Gasteiger partial charge in [0.05, 0.1) is 13.0 Å². The molecule has 1 fully saturated rings. The number of benzene rings is 2. The second-order valence-electron chi connectivity index (χ2n) is 7.49. The van der Waals surface area contributed by atoms with Gasteiger partial charge in [0.1, 0.15) is 6.61 Å². The quantitative estimate of drug-likeness (QED) is 0.448. The number of amides is 1. The predicted molar refractivity (Wildman–Crippen MR) is 112 cm³/mol. The van der Waals surface area contributed by atoms with Gasteiger partial charge < -0.3 is 14.8 Å². The third kappa shape index (κ3) is 2.75. The third-order valence-corrected chi connectivity index (χ3v) is 6.01. The van der Waals surface area contributed by atoms with Crippen LogP contribution in [-0.2, 0) is 10.3 Å². The lowest BCUT2D eigenvalue weighted by atomic mass is 9.79. The minimum absolute atomic E-state index is 0.319. The van der Waals surface area contributed by atoms with Gasteiger partial charge in [-0.2, -0.15) is 0 Å². The lowest BCUT2D eigenvalue weighted by Crippen LogP contribution is -2.54. The van der Waals surface area contributed by atoms with Gasteiger partial charge in [-0.05, 0) is 30.8 Å². The van der Waals surface area contributed by atoms with Crippen LogP contribution in [0.3, 0.4) is 0 Å². The summed E-state index contributed by atoms with van der Waals surface area (Å²) in [6.45, 7) is 4.30. The molecular weight excluding hydrogens is 386 g/mol. The summed E-state index contributed by atoms with van der Waals surface area (Å²) in [5, 5.41) is 15.2.